The lowest BCUT2D eigenvalue weighted by Crippen LogP contribution is -1.78. The maximum absolute atomic E-state index is 9.00. The Labute approximate surface area is 92.1 Å². The van der Waals surface area contributed by atoms with Gasteiger partial charge < -0.3 is 10.2 Å². The molecular formula is C12H22O3. The lowest BCUT2D eigenvalue weighted by Gasteiger charge is -1.95. The van der Waals surface area contributed by atoms with E-state index in [0.29, 0.717) is 0 Å². The van der Waals surface area contributed by atoms with E-state index >= 15 is 0 Å². The second kappa shape index (κ2) is 15.2. The van der Waals surface area contributed by atoms with Gasteiger partial charge in [0.15, 0.2) is 0 Å². The van der Waals surface area contributed by atoms with E-state index in [1.807, 2.05) is 6.08 Å². The van der Waals surface area contributed by atoms with Gasteiger partial charge in [0.1, 0.15) is 0 Å². The van der Waals surface area contributed by atoms with Gasteiger partial charge in [-0.15, -0.1) is 6.58 Å². The zero-order chi connectivity index (χ0) is 11.9. The number of aliphatic hydroxyl groups is 1. The van der Waals surface area contributed by atoms with Crippen LogP contribution in [-0.2, 0) is 4.79 Å². The van der Waals surface area contributed by atoms with Gasteiger partial charge in [-0.1, -0.05) is 25.0 Å². The molecule has 0 radical (unpaired) electrons. The highest BCUT2D eigenvalue weighted by atomic mass is 16.4. The van der Waals surface area contributed by atoms with Crippen molar-refractivity contribution in [2.24, 2.45) is 0 Å². The van der Waals surface area contributed by atoms with E-state index in [1.165, 1.54) is 25.7 Å². The van der Waals surface area contributed by atoms with Crippen LogP contribution in [0.1, 0.15) is 45.4 Å². The Hall–Kier alpha value is -1.25. The van der Waals surface area contributed by atoms with Gasteiger partial charge in [0.25, 0.3) is 5.97 Å². The number of hydrogen-bond donors (Lipinski definition) is 2. The first-order valence-electron chi connectivity index (χ1n) is 5.24. The van der Waals surface area contributed by atoms with Crippen LogP contribution in [-0.4, -0.2) is 16.2 Å². The number of carboxylic acids is 1. The number of rotatable bonds is 7. The Morgan fingerprint density at radius 1 is 1.20 bits per heavy atom. The van der Waals surface area contributed by atoms with Gasteiger partial charge in [0.2, 0.25) is 0 Å². The Morgan fingerprint density at radius 2 is 1.67 bits per heavy atom. The quantitative estimate of drug-likeness (QED) is 0.386. The third kappa shape index (κ3) is 32.3. The van der Waals surface area contributed by atoms with Crippen LogP contribution in [0, 0.1) is 0 Å². The predicted molar refractivity (Wildman–Crippen MR) is 63.0 cm³/mol. The summed E-state index contributed by atoms with van der Waals surface area (Å²) < 4.78 is 0. The standard InChI is InChI=1S/C10H18O.C2H4O2/c1-2-3-4-5-6-7-8-9-10-11;1-2(3)4/h2,9-11H,1,3-8H2;1H3,(H,3,4). The monoisotopic (exact) mass is 214 g/mol. The van der Waals surface area contributed by atoms with Gasteiger partial charge in [-0.3, -0.25) is 4.79 Å². The van der Waals surface area contributed by atoms with Crippen molar-refractivity contribution < 1.29 is 15.0 Å². The van der Waals surface area contributed by atoms with Crippen LogP contribution in [0.2, 0.25) is 0 Å². The molecule has 0 bridgehead atoms. The molecular weight excluding hydrogens is 192 g/mol. The molecule has 0 aliphatic rings. The van der Waals surface area contributed by atoms with Crippen LogP contribution >= 0.6 is 0 Å². The van der Waals surface area contributed by atoms with Crippen molar-refractivity contribution in [1.29, 1.82) is 0 Å². The Bertz CT molecular complexity index is 170. The third-order valence-electron chi connectivity index (χ3n) is 1.63. The molecule has 0 aromatic carbocycles. The lowest BCUT2D eigenvalue weighted by molar-refractivity contribution is -0.134. The van der Waals surface area contributed by atoms with Gasteiger partial charge in [0.05, 0.1) is 6.26 Å². The van der Waals surface area contributed by atoms with E-state index < -0.39 is 5.97 Å². The van der Waals surface area contributed by atoms with Crippen molar-refractivity contribution in [3.8, 4) is 0 Å². The number of aliphatic carboxylic acids is 1. The first kappa shape index (κ1) is 16.2. The molecule has 0 rings (SSSR count). The van der Waals surface area contributed by atoms with Gasteiger partial charge in [-0.2, -0.15) is 0 Å². The third-order valence-corrected chi connectivity index (χ3v) is 1.63. The van der Waals surface area contributed by atoms with Crippen LogP contribution in [0.25, 0.3) is 0 Å². The van der Waals surface area contributed by atoms with Gasteiger partial charge in [-0.25, -0.2) is 0 Å². The smallest absolute Gasteiger partial charge is 0.300 e. The van der Waals surface area contributed by atoms with Gasteiger partial charge >= 0.3 is 0 Å². The first-order valence-corrected chi connectivity index (χ1v) is 5.24. The number of carboxylic acid groups (broad SMARTS) is 1. The maximum atomic E-state index is 9.00. The van der Waals surface area contributed by atoms with Crippen LogP contribution in [0.5, 0.6) is 0 Å². The number of carbonyl (C=O) groups is 1. The Kier molecular flexibility index (Phi) is 16.4. The number of hydrogen-bond acceptors (Lipinski definition) is 2. The molecule has 0 unspecified atom stereocenters. The largest absolute Gasteiger partial charge is 0.516 e. The highest BCUT2D eigenvalue weighted by Gasteiger charge is 1.86. The van der Waals surface area contributed by atoms with Crippen molar-refractivity contribution >= 4 is 5.97 Å². The minimum absolute atomic E-state index is 0.833. The van der Waals surface area contributed by atoms with E-state index in [0.717, 1.165) is 26.0 Å². The molecule has 0 aromatic rings. The summed E-state index contributed by atoms with van der Waals surface area (Å²) >= 11 is 0. The molecule has 0 aliphatic heterocycles. The molecule has 0 saturated carbocycles. The number of aliphatic hydroxyl groups excluding tert-OH is 1. The summed E-state index contributed by atoms with van der Waals surface area (Å²) in [5, 5.41) is 15.7. The molecule has 3 heteroatoms. The van der Waals surface area contributed by atoms with E-state index in [9.17, 15) is 0 Å². The minimum atomic E-state index is -0.833. The normalized spacial score (nSPS) is 9.40. The molecule has 0 saturated heterocycles. The molecule has 0 fully saturated rings. The summed E-state index contributed by atoms with van der Waals surface area (Å²) in [6.07, 6.45) is 12.0. The SMILES string of the molecule is C=CCCCCCCC=CO.CC(=O)O. The van der Waals surface area contributed by atoms with Crippen molar-refractivity contribution in [2.45, 2.75) is 45.4 Å². The van der Waals surface area contributed by atoms with Crippen molar-refractivity contribution in [2.75, 3.05) is 0 Å². The second-order valence-electron chi connectivity index (χ2n) is 3.18. The fourth-order valence-electron chi connectivity index (χ4n) is 0.979. The van der Waals surface area contributed by atoms with E-state index in [2.05, 4.69) is 6.58 Å². The molecule has 2 N–H and O–H groups in total. The molecule has 0 heterocycles. The van der Waals surface area contributed by atoms with Crippen LogP contribution < -0.4 is 0 Å². The average molecular weight is 214 g/mol. The van der Waals surface area contributed by atoms with Crippen molar-refractivity contribution in [3.05, 3.63) is 25.0 Å². The van der Waals surface area contributed by atoms with Crippen molar-refractivity contribution in [1.82, 2.24) is 0 Å². The van der Waals surface area contributed by atoms with E-state index in [1.54, 1.807) is 6.08 Å². The summed E-state index contributed by atoms with van der Waals surface area (Å²) in [6, 6.07) is 0. The fourth-order valence-corrected chi connectivity index (χ4v) is 0.979. The maximum Gasteiger partial charge on any atom is 0.300 e. The fraction of sp³-hybridized carbons (Fsp3) is 0.583. The van der Waals surface area contributed by atoms with E-state index in [4.69, 9.17) is 15.0 Å². The summed E-state index contributed by atoms with van der Waals surface area (Å²) in [6.45, 7) is 4.75. The minimum Gasteiger partial charge on any atom is -0.516 e. The zero-order valence-corrected chi connectivity index (χ0v) is 9.48. The molecule has 15 heavy (non-hydrogen) atoms. The van der Waals surface area contributed by atoms with E-state index in [-0.39, 0.29) is 0 Å². The van der Waals surface area contributed by atoms with Crippen molar-refractivity contribution in [3.63, 3.8) is 0 Å². The van der Waals surface area contributed by atoms with Crippen LogP contribution in [0.15, 0.2) is 25.0 Å². The molecule has 0 atom stereocenters. The Balaban J connectivity index is 0. The molecule has 3 nitrogen and oxygen atoms in total. The molecule has 0 amide bonds. The zero-order valence-electron chi connectivity index (χ0n) is 9.48. The lowest BCUT2D eigenvalue weighted by atomic mass is 10.1. The highest BCUT2D eigenvalue weighted by molar-refractivity contribution is 5.62. The van der Waals surface area contributed by atoms with Gasteiger partial charge in [-0.05, 0) is 25.7 Å². The highest BCUT2D eigenvalue weighted by Crippen LogP contribution is 2.05. The summed E-state index contributed by atoms with van der Waals surface area (Å²) in [7, 11) is 0. The number of unbranched alkanes of at least 4 members (excludes halogenated alkanes) is 5. The molecule has 88 valence electrons. The van der Waals surface area contributed by atoms with Crippen LogP contribution in [0.4, 0.5) is 0 Å². The summed E-state index contributed by atoms with van der Waals surface area (Å²) in [4.78, 5) is 9.00. The van der Waals surface area contributed by atoms with Crippen LogP contribution in [0.3, 0.4) is 0 Å². The van der Waals surface area contributed by atoms with Gasteiger partial charge in [0, 0.05) is 6.92 Å². The molecule has 0 aliphatic carbocycles. The average Bonchev–Trinajstić information content (AvgIpc) is 2.16. The Morgan fingerprint density at radius 3 is 2.07 bits per heavy atom. The topological polar surface area (TPSA) is 57.5 Å². The molecule has 0 spiro atoms. The summed E-state index contributed by atoms with van der Waals surface area (Å²) in [5.41, 5.74) is 0. The predicted octanol–water partition coefficient (Wildman–Crippen LogP) is 3.68. The number of allylic oxidation sites excluding steroid dienone is 2. The summed E-state index contributed by atoms with van der Waals surface area (Å²) in [5.74, 6) is -0.833. The first-order chi connectivity index (χ1) is 7.15. The second-order valence-corrected chi connectivity index (χ2v) is 3.18. The molecule has 0 aromatic heterocycles.